The van der Waals surface area contributed by atoms with Crippen molar-refractivity contribution in [2.45, 2.75) is 33.6 Å². The van der Waals surface area contributed by atoms with Crippen molar-refractivity contribution < 1.29 is 4.79 Å². The molecule has 5 nitrogen and oxygen atoms in total. The Morgan fingerprint density at radius 1 is 1.21 bits per heavy atom. The maximum Gasteiger partial charge on any atom is 0.176 e. The Balaban J connectivity index is 2.01. The van der Waals surface area contributed by atoms with Gasteiger partial charge in [-0.2, -0.15) is 5.10 Å². The van der Waals surface area contributed by atoms with Gasteiger partial charge in [-0.15, -0.1) is 0 Å². The number of rotatable bonds is 5. The number of hydrogen-bond acceptors (Lipinski definition) is 4. The predicted octanol–water partition coefficient (Wildman–Crippen LogP) is 2.64. The highest BCUT2D eigenvalue weighted by Crippen LogP contribution is 2.21. The molecule has 2 aromatic heterocycles. The van der Waals surface area contributed by atoms with Crippen molar-refractivity contribution in [1.29, 1.82) is 0 Å². The molecule has 0 aliphatic rings. The Kier molecular flexibility index (Phi) is 4.44. The van der Waals surface area contributed by atoms with Crippen LogP contribution in [0.5, 0.6) is 0 Å². The van der Waals surface area contributed by atoms with Gasteiger partial charge in [0, 0.05) is 28.9 Å². The molecule has 0 saturated carbocycles. The highest BCUT2D eigenvalue weighted by molar-refractivity contribution is 5.97. The second-order valence-corrected chi connectivity index (χ2v) is 6.05. The van der Waals surface area contributed by atoms with E-state index in [4.69, 9.17) is 15.8 Å². The van der Waals surface area contributed by atoms with Gasteiger partial charge in [0.25, 0.3) is 0 Å². The van der Waals surface area contributed by atoms with Crippen molar-refractivity contribution in [1.82, 2.24) is 14.6 Å². The maximum absolute atomic E-state index is 11.6. The number of ketones is 1. The topological polar surface area (TPSA) is 73.3 Å². The molecule has 3 aromatic rings. The van der Waals surface area contributed by atoms with Gasteiger partial charge < -0.3 is 5.73 Å². The minimum Gasteiger partial charge on any atom is -0.324 e. The number of carbonyl (C=O) groups is 1. The van der Waals surface area contributed by atoms with E-state index in [1.54, 1.807) is 0 Å². The van der Waals surface area contributed by atoms with Crippen LogP contribution in [0.4, 0.5) is 0 Å². The van der Waals surface area contributed by atoms with Crippen LogP contribution in [0.1, 0.15) is 45.5 Å². The molecule has 0 aliphatic carbocycles. The quantitative estimate of drug-likeness (QED) is 0.733. The fraction of sp³-hybridized carbons (Fsp3) is 0.316. The predicted molar refractivity (Wildman–Crippen MR) is 94.5 cm³/mol. The van der Waals surface area contributed by atoms with E-state index in [-0.39, 0.29) is 12.3 Å². The summed E-state index contributed by atoms with van der Waals surface area (Å²) in [5, 5.41) is 4.71. The molecular formula is C19H22N4O. The molecule has 0 aliphatic heterocycles. The van der Waals surface area contributed by atoms with Gasteiger partial charge in [-0.3, -0.25) is 4.79 Å². The summed E-state index contributed by atoms with van der Waals surface area (Å²) in [5.41, 5.74) is 12.4. The van der Waals surface area contributed by atoms with Crippen LogP contribution in [0, 0.1) is 13.8 Å². The van der Waals surface area contributed by atoms with E-state index in [1.807, 2.05) is 48.7 Å². The molecule has 2 N–H and O–H groups in total. The molecule has 0 fully saturated rings. The van der Waals surface area contributed by atoms with Crippen LogP contribution in [0.15, 0.2) is 30.3 Å². The zero-order valence-corrected chi connectivity index (χ0v) is 14.3. The number of Topliss-reactive ketones (excluding diaryl/α,β-unsaturated/α-hetero) is 1. The van der Waals surface area contributed by atoms with Gasteiger partial charge in [0.15, 0.2) is 11.4 Å². The normalized spacial score (nSPS) is 11.2. The van der Waals surface area contributed by atoms with Crippen LogP contribution < -0.4 is 5.73 Å². The number of hydrogen-bond donors (Lipinski definition) is 1. The van der Waals surface area contributed by atoms with Gasteiger partial charge in [0.1, 0.15) is 0 Å². The number of fused-ring (bicyclic) bond motifs is 1. The van der Waals surface area contributed by atoms with Crippen molar-refractivity contribution >= 4 is 11.4 Å². The molecule has 0 unspecified atom stereocenters. The van der Waals surface area contributed by atoms with Gasteiger partial charge in [-0.25, -0.2) is 9.50 Å². The molecule has 0 atom stereocenters. The monoisotopic (exact) mass is 322 g/mol. The molecule has 124 valence electrons. The third-order valence-electron chi connectivity index (χ3n) is 4.25. The Labute approximate surface area is 141 Å². The molecule has 24 heavy (non-hydrogen) atoms. The number of nitrogens with two attached hydrogens (primary N) is 1. The van der Waals surface area contributed by atoms with E-state index in [0.717, 1.165) is 46.7 Å². The van der Waals surface area contributed by atoms with Gasteiger partial charge in [-0.05, 0) is 31.9 Å². The maximum atomic E-state index is 11.6. The summed E-state index contributed by atoms with van der Waals surface area (Å²) in [4.78, 5) is 16.3. The van der Waals surface area contributed by atoms with Crippen LogP contribution >= 0.6 is 0 Å². The van der Waals surface area contributed by atoms with Crippen LogP contribution in [0.3, 0.4) is 0 Å². The number of carbonyl (C=O) groups excluding carboxylic acids is 1. The van der Waals surface area contributed by atoms with Crippen molar-refractivity contribution in [3.05, 3.63) is 64.1 Å². The molecule has 2 heterocycles. The third kappa shape index (κ3) is 2.95. The molecule has 1 aromatic carbocycles. The molecule has 5 heteroatoms. The number of aromatic nitrogens is 3. The van der Waals surface area contributed by atoms with Crippen LogP contribution in [-0.2, 0) is 12.8 Å². The number of nitrogens with zero attached hydrogens (tertiary/aromatic N) is 3. The SMILES string of the molecule is CCc1nn2c(C)cc(C)nc2c1Cc1ccc(C(=O)CN)cc1. The summed E-state index contributed by atoms with van der Waals surface area (Å²) < 4.78 is 1.92. The van der Waals surface area contributed by atoms with Gasteiger partial charge in [0.2, 0.25) is 0 Å². The minimum absolute atomic E-state index is 0.0376. The van der Waals surface area contributed by atoms with E-state index in [1.165, 1.54) is 0 Å². The summed E-state index contributed by atoms with van der Waals surface area (Å²) in [6.07, 6.45) is 1.61. The third-order valence-corrected chi connectivity index (χ3v) is 4.25. The molecule has 3 rings (SSSR count). The number of aryl methyl sites for hydroxylation is 3. The van der Waals surface area contributed by atoms with Crippen LogP contribution in [0.25, 0.3) is 5.65 Å². The molecule has 0 radical (unpaired) electrons. The Morgan fingerprint density at radius 3 is 2.54 bits per heavy atom. The van der Waals surface area contributed by atoms with E-state index in [9.17, 15) is 4.79 Å². The van der Waals surface area contributed by atoms with E-state index >= 15 is 0 Å². The van der Waals surface area contributed by atoms with E-state index in [2.05, 4.69) is 6.92 Å². The summed E-state index contributed by atoms with van der Waals surface area (Å²) in [6, 6.07) is 9.68. The first-order valence-corrected chi connectivity index (χ1v) is 8.20. The average Bonchev–Trinajstić information content (AvgIpc) is 2.93. The lowest BCUT2D eigenvalue weighted by Crippen LogP contribution is -2.13. The first-order chi connectivity index (χ1) is 11.5. The lowest BCUT2D eigenvalue weighted by atomic mass is 10.0. The van der Waals surface area contributed by atoms with Crippen molar-refractivity contribution in [2.75, 3.05) is 6.54 Å². The number of benzene rings is 1. The Hall–Kier alpha value is -2.53. The van der Waals surface area contributed by atoms with Gasteiger partial charge in [-0.1, -0.05) is 31.2 Å². The van der Waals surface area contributed by atoms with Gasteiger partial charge in [0.05, 0.1) is 12.2 Å². The van der Waals surface area contributed by atoms with Crippen LogP contribution in [-0.4, -0.2) is 26.9 Å². The lowest BCUT2D eigenvalue weighted by molar-refractivity contribution is 0.100. The summed E-state index contributed by atoms with van der Waals surface area (Å²) in [7, 11) is 0. The van der Waals surface area contributed by atoms with Crippen molar-refractivity contribution in [2.24, 2.45) is 5.73 Å². The van der Waals surface area contributed by atoms with Crippen molar-refractivity contribution in [3.8, 4) is 0 Å². The highest BCUT2D eigenvalue weighted by atomic mass is 16.1. The summed E-state index contributed by atoms with van der Waals surface area (Å²) in [6.45, 7) is 6.19. The van der Waals surface area contributed by atoms with Crippen LogP contribution in [0.2, 0.25) is 0 Å². The average molecular weight is 322 g/mol. The second kappa shape index (κ2) is 6.53. The Morgan fingerprint density at radius 2 is 1.92 bits per heavy atom. The second-order valence-electron chi connectivity index (χ2n) is 6.05. The largest absolute Gasteiger partial charge is 0.324 e. The first kappa shape index (κ1) is 16.3. The zero-order chi connectivity index (χ0) is 17.3. The highest BCUT2D eigenvalue weighted by Gasteiger charge is 2.15. The van der Waals surface area contributed by atoms with Gasteiger partial charge >= 0.3 is 0 Å². The fourth-order valence-corrected chi connectivity index (χ4v) is 3.00. The molecular weight excluding hydrogens is 300 g/mol. The summed E-state index contributed by atoms with van der Waals surface area (Å²) >= 11 is 0. The van der Waals surface area contributed by atoms with E-state index in [0.29, 0.717) is 5.56 Å². The first-order valence-electron chi connectivity index (χ1n) is 8.20. The molecule has 0 spiro atoms. The lowest BCUT2D eigenvalue weighted by Gasteiger charge is -2.05. The zero-order valence-electron chi connectivity index (χ0n) is 14.3. The van der Waals surface area contributed by atoms with E-state index < -0.39 is 0 Å². The molecule has 0 bridgehead atoms. The van der Waals surface area contributed by atoms with Crippen molar-refractivity contribution in [3.63, 3.8) is 0 Å². The standard InChI is InChI=1S/C19H22N4O/c1-4-17-16(19-21-12(2)9-13(3)23(19)22-17)10-14-5-7-15(8-6-14)18(24)11-20/h5-9H,4,10-11,20H2,1-3H3. The smallest absolute Gasteiger partial charge is 0.176 e. The molecule has 0 saturated heterocycles. The Bertz CT molecular complexity index is 894. The fourth-order valence-electron chi connectivity index (χ4n) is 3.00. The molecule has 0 amide bonds. The minimum atomic E-state index is -0.0419. The summed E-state index contributed by atoms with van der Waals surface area (Å²) in [5.74, 6) is -0.0419.